The highest BCUT2D eigenvalue weighted by molar-refractivity contribution is 5.99. The Bertz CT molecular complexity index is 1380. The third-order valence-corrected chi connectivity index (χ3v) is 6.03. The van der Waals surface area contributed by atoms with E-state index in [1.807, 2.05) is 13.0 Å². The summed E-state index contributed by atoms with van der Waals surface area (Å²) in [7, 11) is 1.53. The largest absolute Gasteiger partial charge is 0.480 e. The maximum Gasteiger partial charge on any atom is 0.258 e. The molecule has 3 N–H and O–H groups in total. The van der Waals surface area contributed by atoms with Crippen LogP contribution in [0.2, 0.25) is 0 Å². The summed E-state index contributed by atoms with van der Waals surface area (Å²) in [6.07, 6.45) is 0.762. The summed E-state index contributed by atoms with van der Waals surface area (Å²) in [6, 6.07) is 5.47. The fraction of sp³-hybridized carbons (Fsp3) is 0.409. The summed E-state index contributed by atoms with van der Waals surface area (Å²) in [4.78, 5) is 23.7. The van der Waals surface area contributed by atoms with Gasteiger partial charge in [-0.1, -0.05) is 11.3 Å². The maximum absolute atomic E-state index is 12.9. The Morgan fingerprint density at radius 2 is 2.15 bits per heavy atom. The van der Waals surface area contributed by atoms with E-state index < -0.39 is 13.0 Å². The highest BCUT2D eigenvalue weighted by atomic mass is 19.3. The van der Waals surface area contributed by atoms with E-state index in [9.17, 15) is 13.6 Å². The molecule has 12 heteroatoms. The Kier molecular flexibility index (Phi) is 5.29. The molecule has 4 aromatic rings. The number of carbonyl (C=O) groups is 1. The molecule has 3 heterocycles. The SMILES string of the molecule is COc1nc(N[C@H]2C[C@](C)(NC(C)=O)C2)nc2[nH]cc(-c3ccc4nnn(CC(F)F)c4c3)c12. The smallest absolute Gasteiger partial charge is 0.258 e. The van der Waals surface area contributed by atoms with Crippen molar-refractivity contribution in [2.24, 2.45) is 0 Å². The van der Waals surface area contributed by atoms with Crippen molar-refractivity contribution in [1.29, 1.82) is 0 Å². The second kappa shape index (κ2) is 8.19. The average molecular weight is 470 g/mol. The van der Waals surface area contributed by atoms with Crippen molar-refractivity contribution in [3.05, 3.63) is 24.4 Å². The van der Waals surface area contributed by atoms with E-state index in [4.69, 9.17) is 4.74 Å². The van der Waals surface area contributed by atoms with Crippen LogP contribution in [-0.2, 0) is 11.3 Å². The van der Waals surface area contributed by atoms with Gasteiger partial charge >= 0.3 is 0 Å². The summed E-state index contributed by atoms with van der Waals surface area (Å²) in [5, 5.41) is 14.7. The zero-order valence-electron chi connectivity index (χ0n) is 18.9. The number of hydrogen-bond donors (Lipinski definition) is 3. The molecule has 1 fully saturated rings. The molecule has 1 aromatic carbocycles. The first kappa shape index (κ1) is 22.0. The minimum absolute atomic E-state index is 0.0505. The second-order valence-electron chi connectivity index (χ2n) is 8.84. The van der Waals surface area contributed by atoms with Gasteiger partial charge in [-0.2, -0.15) is 9.97 Å². The third kappa shape index (κ3) is 3.99. The van der Waals surface area contributed by atoms with Crippen molar-refractivity contribution >= 4 is 33.9 Å². The molecular weight excluding hydrogens is 446 g/mol. The summed E-state index contributed by atoms with van der Waals surface area (Å²) >= 11 is 0. The van der Waals surface area contributed by atoms with Crippen LogP contribution in [0.3, 0.4) is 0 Å². The summed E-state index contributed by atoms with van der Waals surface area (Å²) in [5.74, 6) is 0.750. The molecule has 0 atom stereocenters. The number of nitrogens with zero attached hydrogens (tertiary/aromatic N) is 5. The summed E-state index contributed by atoms with van der Waals surface area (Å²) < 4.78 is 32.6. The number of halogens is 2. The lowest BCUT2D eigenvalue weighted by molar-refractivity contribution is -0.121. The molecule has 1 amide bonds. The van der Waals surface area contributed by atoms with Crippen LogP contribution in [0, 0.1) is 0 Å². The Labute approximate surface area is 193 Å². The van der Waals surface area contributed by atoms with Gasteiger partial charge in [-0.3, -0.25) is 4.79 Å². The lowest BCUT2D eigenvalue weighted by atomic mass is 9.74. The van der Waals surface area contributed by atoms with Crippen molar-refractivity contribution in [3.63, 3.8) is 0 Å². The lowest BCUT2D eigenvalue weighted by Crippen LogP contribution is -2.59. The number of alkyl halides is 2. The molecule has 0 radical (unpaired) electrons. The molecule has 0 bridgehead atoms. The number of aromatic nitrogens is 6. The number of rotatable bonds is 7. The molecule has 0 unspecified atom stereocenters. The Morgan fingerprint density at radius 3 is 2.85 bits per heavy atom. The zero-order chi connectivity index (χ0) is 24.0. The monoisotopic (exact) mass is 470 g/mol. The van der Waals surface area contributed by atoms with Gasteiger partial charge in [0.2, 0.25) is 17.7 Å². The van der Waals surface area contributed by atoms with Crippen LogP contribution >= 0.6 is 0 Å². The predicted octanol–water partition coefficient (Wildman–Crippen LogP) is 3.11. The van der Waals surface area contributed by atoms with Gasteiger partial charge in [0.25, 0.3) is 6.43 Å². The van der Waals surface area contributed by atoms with Crippen molar-refractivity contribution < 1.29 is 18.3 Å². The van der Waals surface area contributed by atoms with Gasteiger partial charge in [0.1, 0.15) is 17.7 Å². The number of benzene rings is 1. The van der Waals surface area contributed by atoms with E-state index in [0.717, 1.165) is 24.0 Å². The van der Waals surface area contributed by atoms with Crippen molar-refractivity contribution in [2.45, 2.75) is 51.2 Å². The van der Waals surface area contributed by atoms with Crippen molar-refractivity contribution in [1.82, 2.24) is 35.3 Å². The van der Waals surface area contributed by atoms with Crippen LogP contribution in [0.5, 0.6) is 5.88 Å². The minimum Gasteiger partial charge on any atom is -0.480 e. The van der Waals surface area contributed by atoms with Crippen LogP contribution in [0.4, 0.5) is 14.7 Å². The Balaban J connectivity index is 1.45. The van der Waals surface area contributed by atoms with Gasteiger partial charge in [0.05, 0.1) is 18.0 Å². The molecule has 10 nitrogen and oxygen atoms in total. The fourth-order valence-corrected chi connectivity index (χ4v) is 4.68. The topological polar surface area (TPSA) is 123 Å². The minimum atomic E-state index is -2.53. The number of aromatic amines is 1. The van der Waals surface area contributed by atoms with Crippen molar-refractivity contribution in [3.8, 4) is 17.0 Å². The Morgan fingerprint density at radius 1 is 1.35 bits per heavy atom. The number of fused-ring (bicyclic) bond motifs is 2. The van der Waals surface area contributed by atoms with E-state index in [-0.39, 0.29) is 17.5 Å². The quantitative estimate of drug-likeness (QED) is 0.379. The number of amides is 1. The molecular formula is C22H24F2N8O2. The first-order valence-electron chi connectivity index (χ1n) is 10.8. The van der Waals surface area contributed by atoms with Crippen LogP contribution in [0.25, 0.3) is 33.2 Å². The molecule has 0 saturated heterocycles. The molecule has 3 aromatic heterocycles. The van der Waals surface area contributed by atoms with Gasteiger partial charge in [-0.05, 0) is 37.5 Å². The van der Waals surface area contributed by atoms with Gasteiger partial charge < -0.3 is 20.4 Å². The van der Waals surface area contributed by atoms with Gasteiger partial charge in [-0.15, -0.1) is 5.10 Å². The Hall–Kier alpha value is -3.83. The van der Waals surface area contributed by atoms with Crippen LogP contribution in [-0.4, -0.2) is 61.0 Å². The van der Waals surface area contributed by atoms with E-state index >= 15 is 0 Å². The lowest BCUT2D eigenvalue weighted by Gasteiger charge is -2.45. The highest BCUT2D eigenvalue weighted by Crippen LogP contribution is 2.37. The maximum atomic E-state index is 12.9. The molecule has 34 heavy (non-hydrogen) atoms. The number of nitrogens with one attached hydrogen (secondary N) is 3. The predicted molar refractivity (Wildman–Crippen MR) is 122 cm³/mol. The number of carbonyl (C=O) groups excluding carboxylic acids is 1. The average Bonchev–Trinajstić information content (AvgIpc) is 3.35. The van der Waals surface area contributed by atoms with Crippen LogP contribution in [0.1, 0.15) is 26.7 Å². The van der Waals surface area contributed by atoms with Crippen LogP contribution in [0.15, 0.2) is 24.4 Å². The highest BCUT2D eigenvalue weighted by Gasteiger charge is 2.41. The summed E-state index contributed by atoms with van der Waals surface area (Å²) in [5.41, 5.74) is 2.92. The van der Waals surface area contributed by atoms with E-state index in [2.05, 4.69) is 35.9 Å². The number of hydrogen-bond acceptors (Lipinski definition) is 7. The normalized spacial score (nSPS) is 20.0. The molecule has 1 aliphatic carbocycles. The molecule has 178 valence electrons. The molecule has 1 saturated carbocycles. The number of methoxy groups -OCH3 is 1. The second-order valence-corrected chi connectivity index (χ2v) is 8.84. The van der Waals surface area contributed by atoms with E-state index in [0.29, 0.717) is 33.9 Å². The first-order valence-corrected chi connectivity index (χ1v) is 10.8. The van der Waals surface area contributed by atoms with Crippen molar-refractivity contribution in [2.75, 3.05) is 12.4 Å². The number of ether oxygens (including phenoxy) is 1. The van der Waals surface area contributed by atoms with Gasteiger partial charge in [0.15, 0.2) is 0 Å². The van der Waals surface area contributed by atoms with Gasteiger partial charge in [0, 0.05) is 30.3 Å². The first-order chi connectivity index (χ1) is 16.2. The molecule has 0 aliphatic heterocycles. The van der Waals surface area contributed by atoms with E-state index in [1.165, 1.54) is 18.7 Å². The number of anilines is 1. The van der Waals surface area contributed by atoms with Gasteiger partial charge in [-0.25, -0.2) is 13.5 Å². The molecule has 5 rings (SSSR count). The molecule has 1 aliphatic rings. The molecule has 0 spiro atoms. The standard InChI is InChI=1S/C22H24F2N8O2/c1-11(33)29-22(2)7-13(8-22)26-21-27-19-18(20(28-21)34-3)14(9-25-19)12-4-5-15-16(6-12)32(31-30-15)10-17(23)24/h4-6,9,13,17H,7-8,10H2,1-3H3,(H,29,33)(H2,25,26,27,28)/t13-,22-. The third-order valence-electron chi connectivity index (χ3n) is 6.03. The summed E-state index contributed by atoms with van der Waals surface area (Å²) in [6.45, 7) is 2.99. The number of H-pyrrole nitrogens is 1. The fourth-order valence-electron chi connectivity index (χ4n) is 4.68. The zero-order valence-corrected chi connectivity index (χ0v) is 18.9. The van der Waals surface area contributed by atoms with Crippen LogP contribution < -0.4 is 15.4 Å². The van der Waals surface area contributed by atoms with E-state index in [1.54, 1.807) is 18.3 Å².